The van der Waals surface area contributed by atoms with Crippen LogP contribution in [0.2, 0.25) is 0 Å². The number of para-hydroxylation sites is 2. The van der Waals surface area contributed by atoms with E-state index in [9.17, 15) is 14.7 Å². The second-order valence-corrected chi connectivity index (χ2v) is 4.18. The molecule has 1 unspecified atom stereocenters. The first-order chi connectivity index (χ1) is 9.13. The van der Waals surface area contributed by atoms with E-state index >= 15 is 0 Å². The summed E-state index contributed by atoms with van der Waals surface area (Å²) in [5.74, 6) is -1.68. The van der Waals surface area contributed by atoms with Gasteiger partial charge in [0, 0.05) is 6.20 Å². The highest BCUT2D eigenvalue weighted by Gasteiger charge is 2.48. The minimum absolute atomic E-state index is 0.116. The number of amides is 1. The lowest BCUT2D eigenvalue weighted by atomic mass is 9.87. The summed E-state index contributed by atoms with van der Waals surface area (Å²) in [7, 11) is 0. The average molecular weight is 258 g/mol. The minimum atomic E-state index is -1.49. The van der Waals surface area contributed by atoms with Gasteiger partial charge in [0.05, 0.1) is 23.2 Å². The van der Waals surface area contributed by atoms with E-state index < -0.39 is 17.4 Å². The van der Waals surface area contributed by atoms with Gasteiger partial charge in [0.1, 0.15) is 0 Å². The molecule has 1 atom stereocenters. The van der Waals surface area contributed by atoms with Crippen LogP contribution in [-0.4, -0.2) is 28.7 Å². The number of carbonyl (C=O) groups is 2. The van der Waals surface area contributed by atoms with Crippen LogP contribution in [0.1, 0.15) is 0 Å². The van der Waals surface area contributed by atoms with Gasteiger partial charge in [-0.3, -0.25) is 10.2 Å². The maximum absolute atomic E-state index is 12.3. The molecule has 0 radical (unpaired) electrons. The third-order valence-corrected chi connectivity index (χ3v) is 3.06. The van der Waals surface area contributed by atoms with Gasteiger partial charge in [0.15, 0.2) is 5.54 Å². The summed E-state index contributed by atoms with van der Waals surface area (Å²) in [6.07, 6.45) is 2.45. The maximum atomic E-state index is 12.3. The summed E-state index contributed by atoms with van der Waals surface area (Å²) in [5.41, 5.74) is 2.08. The van der Waals surface area contributed by atoms with Crippen LogP contribution in [0.15, 0.2) is 41.1 Å². The number of nitrogens with zero attached hydrogens (tertiary/aromatic N) is 1. The Bertz CT molecular complexity index is 638. The van der Waals surface area contributed by atoms with Crippen LogP contribution in [0.4, 0.5) is 11.4 Å². The summed E-state index contributed by atoms with van der Waals surface area (Å²) in [4.78, 5) is 23.5. The highest BCUT2D eigenvalue weighted by molar-refractivity contribution is 6.23. The lowest BCUT2D eigenvalue weighted by Gasteiger charge is -2.37. The van der Waals surface area contributed by atoms with Crippen molar-refractivity contribution in [2.24, 2.45) is 5.10 Å². The zero-order valence-corrected chi connectivity index (χ0v) is 9.68. The summed E-state index contributed by atoms with van der Waals surface area (Å²) in [6, 6.07) is 7.06. The molecule has 2 aliphatic rings. The lowest BCUT2D eigenvalue weighted by molar-refractivity contribution is -0.134. The van der Waals surface area contributed by atoms with Gasteiger partial charge in [-0.15, -0.1) is 0 Å². The fraction of sp³-hybridized carbons (Fsp3) is 0.0833. The molecule has 0 saturated heterocycles. The Balaban J connectivity index is 2.12. The topological polar surface area (TPSA) is 103 Å². The van der Waals surface area contributed by atoms with E-state index in [0.29, 0.717) is 11.4 Å². The van der Waals surface area contributed by atoms with Crippen LogP contribution in [0.3, 0.4) is 0 Å². The highest BCUT2D eigenvalue weighted by atomic mass is 16.4. The van der Waals surface area contributed by atoms with Crippen LogP contribution >= 0.6 is 0 Å². The lowest BCUT2D eigenvalue weighted by Crippen LogP contribution is -2.58. The first kappa shape index (κ1) is 11.3. The Morgan fingerprint density at radius 3 is 2.74 bits per heavy atom. The van der Waals surface area contributed by atoms with Crippen LogP contribution in [-0.2, 0) is 9.59 Å². The summed E-state index contributed by atoms with van der Waals surface area (Å²) in [6.45, 7) is 0. The summed E-state index contributed by atoms with van der Waals surface area (Å²) >= 11 is 0. The Kier molecular flexibility index (Phi) is 2.28. The number of carboxylic acid groups (broad SMARTS) is 1. The number of benzene rings is 1. The molecular formula is C12H10N4O3. The summed E-state index contributed by atoms with van der Waals surface area (Å²) in [5, 5.41) is 18.6. The number of hydrogen-bond acceptors (Lipinski definition) is 5. The van der Waals surface area contributed by atoms with Crippen molar-refractivity contribution in [3.05, 3.63) is 36.0 Å². The quantitative estimate of drug-likeness (QED) is 0.582. The van der Waals surface area contributed by atoms with Gasteiger partial charge in [-0.25, -0.2) is 4.79 Å². The van der Waals surface area contributed by atoms with Crippen molar-refractivity contribution < 1.29 is 14.7 Å². The number of aliphatic carboxylic acids is 1. The third-order valence-electron chi connectivity index (χ3n) is 3.06. The van der Waals surface area contributed by atoms with Crippen molar-refractivity contribution in [3.8, 4) is 0 Å². The van der Waals surface area contributed by atoms with E-state index in [1.54, 1.807) is 24.3 Å². The largest absolute Gasteiger partial charge is 0.478 e. The van der Waals surface area contributed by atoms with Crippen LogP contribution in [0, 0.1) is 0 Å². The number of carbonyl (C=O) groups excluding carboxylic acids is 1. The zero-order chi connectivity index (χ0) is 13.5. The Labute approximate surface area is 108 Å². The van der Waals surface area contributed by atoms with E-state index in [-0.39, 0.29) is 5.57 Å². The van der Waals surface area contributed by atoms with Gasteiger partial charge in [-0.2, -0.15) is 5.10 Å². The second kappa shape index (κ2) is 3.84. The molecule has 0 saturated carbocycles. The van der Waals surface area contributed by atoms with E-state index in [0.717, 1.165) is 0 Å². The Morgan fingerprint density at radius 2 is 2.00 bits per heavy atom. The number of hydrazone groups is 1. The third kappa shape index (κ3) is 1.55. The predicted octanol–water partition coefficient (Wildman–Crippen LogP) is 0.347. The molecule has 7 nitrogen and oxygen atoms in total. The SMILES string of the molecule is O=C(O)C1=CNN=CC12Nc1ccccc1NC2=O. The second-order valence-electron chi connectivity index (χ2n) is 4.18. The molecule has 96 valence electrons. The first-order valence-electron chi connectivity index (χ1n) is 5.56. The van der Waals surface area contributed by atoms with Gasteiger partial charge in [-0.05, 0) is 12.1 Å². The van der Waals surface area contributed by atoms with Crippen molar-refractivity contribution in [2.45, 2.75) is 5.54 Å². The molecule has 0 bridgehead atoms. The number of carboxylic acids is 1. The van der Waals surface area contributed by atoms with Crippen LogP contribution in [0.5, 0.6) is 0 Å². The number of anilines is 2. The molecule has 2 heterocycles. The number of hydrogen-bond donors (Lipinski definition) is 4. The molecule has 1 amide bonds. The fourth-order valence-electron chi connectivity index (χ4n) is 2.12. The highest BCUT2D eigenvalue weighted by Crippen LogP contribution is 2.34. The minimum Gasteiger partial charge on any atom is -0.478 e. The summed E-state index contributed by atoms with van der Waals surface area (Å²) < 4.78 is 0. The molecule has 19 heavy (non-hydrogen) atoms. The molecule has 7 heteroatoms. The fourth-order valence-corrected chi connectivity index (χ4v) is 2.12. The van der Waals surface area contributed by atoms with E-state index in [4.69, 9.17) is 0 Å². The molecule has 0 aromatic heterocycles. The van der Waals surface area contributed by atoms with Gasteiger partial charge >= 0.3 is 5.97 Å². The van der Waals surface area contributed by atoms with Crippen molar-refractivity contribution in [3.63, 3.8) is 0 Å². The molecule has 1 aromatic carbocycles. The molecular weight excluding hydrogens is 248 g/mol. The molecule has 2 aliphatic heterocycles. The zero-order valence-electron chi connectivity index (χ0n) is 9.68. The molecule has 0 aliphatic carbocycles. The van der Waals surface area contributed by atoms with E-state index in [1.807, 2.05) is 0 Å². The smallest absolute Gasteiger partial charge is 0.336 e. The molecule has 0 fully saturated rings. The molecule has 1 aromatic rings. The Hall–Kier alpha value is -2.83. The van der Waals surface area contributed by atoms with Crippen LogP contribution in [0.25, 0.3) is 0 Å². The number of fused-ring (bicyclic) bond motifs is 1. The maximum Gasteiger partial charge on any atom is 0.336 e. The normalized spacial score (nSPS) is 23.8. The molecule has 4 N–H and O–H groups in total. The van der Waals surface area contributed by atoms with Crippen molar-refractivity contribution in [2.75, 3.05) is 10.6 Å². The van der Waals surface area contributed by atoms with Crippen molar-refractivity contribution >= 4 is 29.5 Å². The van der Waals surface area contributed by atoms with Crippen molar-refractivity contribution in [1.29, 1.82) is 0 Å². The molecule has 3 rings (SSSR count). The monoisotopic (exact) mass is 258 g/mol. The molecule has 1 spiro atoms. The van der Waals surface area contributed by atoms with Crippen molar-refractivity contribution in [1.82, 2.24) is 5.43 Å². The van der Waals surface area contributed by atoms with Crippen LogP contribution < -0.4 is 16.1 Å². The van der Waals surface area contributed by atoms with E-state index in [2.05, 4.69) is 21.2 Å². The van der Waals surface area contributed by atoms with E-state index in [1.165, 1.54) is 12.4 Å². The van der Waals surface area contributed by atoms with Gasteiger partial charge in [0.2, 0.25) is 0 Å². The van der Waals surface area contributed by atoms with Gasteiger partial charge < -0.3 is 15.7 Å². The Morgan fingerprint density at radius 1 is 1.26 bits per heavy atom. The van der Waals surface area contributed by atoms with Gasteiger partial charge in [-0.1, -0.05) is 12.1 Å². The predicted molar refractivity (Wildman–Crippen MR) is 68.8 cm³/mol. The number of nitrogens with one attached hydrogen (secondary N) is 3. The van der Waals surface area contributed by atoms with Gasteiger partial charge in [0.25, 0.3) is 5.91 Å². The standard InChI is InChI=1S/C12H10N4O3/c17-10(18)7-5-13-14-6-12(7)11(19)15-8-3-1-2-4-9(8)16-12/h1-6,13,16H,(H,15,19)(H,17,18). The average Bonchev–Trinajstić information content (AvgIpc) is 2.40. The first-order valence-corrected chi connectivity index (χ1v) is 5.56. The number of rotatable bonds is 1.